The number of unbranched alkanes of at least 4 members (excludes halogenated alkanes) is 1. The fourth-order valence-corrected chi connectivity index (χ4v) is 1.87. The van der Waals surface area contributed by atoms with Crippen molar-refractivity contribution in [3.63, 3.8) is 0 Å². The molecule has 0 aliphatic rings. The van der Waals surface area contributed by atoms with E-state index in [4.69, 9.17) is 15.2 Å². The summed E-state index contributed by atoms with van der Waals surface area (Å²) in [6.07, 6.45) is 1.75. The van der Waals surface area contributed by atoms with Gasteiger partial charge in [-0.3, -0.25) is 9.59 Å². The van der Waals surface area contributed by atoms with E-state index in [-0.39, 0.29) is 12.2 Å². The first-order valence-corrected chi connectivity index (χ1v) is 6.16. The van der Waals surface area contributed by atoms with E-state index < -0.39 is 11.5 Å². The van der Waals surface area contributed by atoms with Crippen molar-refractivity contribution >= 4 is 5.91 Å². The second kappa shape index (κ2) is 6.94. The molecule has 0 saturated heterocycles. The van der Waals surface area contributed by atoms with E-state index in [0.717, 1.165) is 12.8 Å². The third-order valence-corrected chi connectivity index (χ3v) is 2.86. The molecule has 0 unspecified atom stereocenters. The maximum absolute atomic E-state index is 12.2. The molecular weight excluding hydrogens is 248 g/mol. The van der Waals surface area contributed by atoms with Crippen LogP contribution in [0.25, 0.3) is 0 Å². The Bertz CT molecular complexity index is 508. The zero-order chi connectivity index (χ0) is 14.4. The fourth-order valence-electron chi connectivity index (χ4n) is 1.87. The van der Waals surface area contributed by atoms with Crippen molar-refractivity contribution in [1.82, 2.24) is 4.57 Å². The normalized spacial score (nSPS) is 10.5. The molecule has 0 spiro atoms. The maximum Gasteiger partial charge on any atom is 0.263 e. The Labute approximate surface area is 112 Å². The number of ether oxygens (including phenoxy) is 2. The number of pyridine rings is 1. The molecule has 0 radical (unpaired) electrons. The summed E-state index contributed by atoms with van der Waals surface area (Å²) in [5.41, 5.74) is 5.38. The first-order chi connectivity index (χ1) is 9.06. The lowest BCUT2D eigenvalue weighted by Crippen LogP contribution is -2.32. The van der Waals surface area contributed by atoms with Crippen LogP contribution in [0.2, 0.25) is 0 Å². The molecule has 19 heavy (non-hydrogen) atoms. The lowest BCUT2D eigenvalue weighted by molar-refractivity contribution is 0.0997. The number of methoxy groups -OCH3 is 2. The van der Waals surface area contributed by atoms with Gasteiger partial charge in [0.05, 0.1) is 19.4 Å². The van der Waals surface area contributed by atoms with E-state index in [1.165, 1.54) is 24.9 Å². The summed E-state index contributed by atoms with van der Waals surface area (Å²) in [6, 6.07) is 1.38. The molecular formula is C13H20N2O4. The van der Waals surface area contributed by atoms with Crippen LogP contribution >= 0.6 is 0 Å². The monoisotopic (exact) mass is 268 g/mol. The summed E-state index contributed by atoms with van der Waals surface area (Å²) >= 11 is 0. The fraction of sp³-hybridized carbons (Fsp3) is 0.538. The first-order valence-electron chi connectivity index (χ1n) is 6.16. The van der Waals surface area contributed by atoms with Gasteiger partial charge in [-0.05, 0) is 6.42 Å². The third kappa shape index (κ3) is 3.35. The minimum Gasteiger partial charge on any atom is -0.495 e. The number of hydrogen-bond donors (Lipinski definition) is 1. The number of aromatic nitrogens is 1. The van der Waals surface area contributed by atoms with Crippen LogP contribution in [0.5, 0.6) is 5.75 Å². The highest BCUT2D eigenvalue weighted by Crippen LogP contribution is 2.19. The predicted molar refractivity (Wildman–Crippen MR) is 71.4 cm³/mol. The molecule has 6 heteroatoms. The number of nitrogens with two attached hydrogens (primary N) is 1. The van der Waals surface area contributed by atoms with Gasteiger partial charge >= 0.3 is 0 Å². The number of hydrogen-bond acceptors (Lipinski definition) is 4. The van der Waals surface area contributed by atoms with Crippen LogP contribution in [0.15, 0.2) is 10.9 Å². The van der Waals surface area contributed by atoms with Gasteiger partial charge in [0.1, 0.15) is 11.3 Å². The molecule has 0 atom stereocenters. The van der Waals surface area contributed by atoms with Crippen LogP contribution in [-0.4, -0.2) is 24.7 Å². The molecule has 106 valence electrons. The highest BCUT2D eigenvalue weighted by molar-refractivity contribution is 5.92. The first kappa shape index (κ1) is 15.2. The molecule has 6 nitrogen and oxygen atoms in total. The Morgan fingerprint density at radius 1 is 1.42 bits per heavy atom. The van der Waals surface area contributed by atoms with Gasteiger partial charge in [0.2, 0.25) is 0 Å². The average molecular weight is 268 g/mol. The Morgan fingerprint density at radius 2 is 2.11 bits per heavy atom. The Kier molecular flexibility index (Phi) is 5.57. The van der Waals surface area contributed by atoms with Gasteiger partial charge in [0, 0.05) is 19.7 Å². The molecule has 0 aliphatic heterocycles. The molecule has 0 aromatic carbocycles. The van der Waals surface area contributed by atoms with Gasteiger partial charge in [-0.2, -0.15) is 0 Å². The van der Waals surface area contributed by atoms with Crippen LogP contribution in [0.3, 0.4) is 0 Å². The van der Waals surface area contributed by atoms with Gasteiger partial charge in [-0.1, -0.05) is 13.3 Å². The van der Waals surface area contributed by atoms with Crippen molar-refractivity contribution in [2.45, 2.75) is 32.9 Å². The highest BCUT2D eigenvalue weighted by Gasteiger charge is 2.17. The van der Waals surface area contributed by atoms with Crippen LogP contribution in [-0.2, 0) is 17.9 Å². The quantitative estimate of drug-likeness (QED) is 0.796. The topological polar surface area (TPSA) is 83.5 Å². The van der Waals surface area contributed by atoms with E-state index in [2.05, 4.69) is 0 Å². The van der Waals surface area contributed by atoms with Crippen molar-refractivity contribution in [3.8, 4) is 5.75 Å². The molecule has 1 rings (SSSR count). The number of carbonyl (C=O) groups excluding carboxylic acids is 1. The number of amides is 1. The number of carbonyl (C=O) groups is 1. The Morgan fingerprint density at radius 3 is 2.58 bits per heavy atom. The highest BCUT2D eigenvalue weighted by atomic mass is 16.5. The lowest BCUT2D eigenvalue weighted by Gasteiger charge is -2.16. The Balaban J connectivity index is 3.45. The van der Waals surface area contributed by atoms with Gasteiger partial charge in [-0.25, -0.2) is 0 Å². The zero-order valence-corrected chi connectivity index (χ0v) is 11.6. The summed E-state index contributed by atoms with van der Waals surface area (Å²) in [5.74, 6) is -0.316. The van der Waals surface area contributed by atoms with Crippen molar-refractivity contribution in [2.24, 2.45) is 5.73 Å². The van der Waals surface area contributed by atoms with E-state index >= 15 is 0 Å². The largest absolute Gasteiger partial charge is 0.495 e. The summed E-state index contributed by atoms with van der Waals surface area (Å²) in [4.78, 5) is 23.5. The summed E-state index contributed by atoms with van der Waals surface area (Å²) in [7, 11) is 3.02. The molecule has 1 aromatic heterocycles. The van der Waals surface area contributed by atoms with Crippen LogP contribution in [0, 0.1) is 0 Å². The van der Waals surface area contributed by atoms with Crippen molar-refractivity contribution in [2.75, 3.05) is 14.2 Å². The van der Waals surface area contributed by atoms with E-state index in [1.807, 2.05) is 6.92 Å². The zero-order valence-electron chi connectivity index (χ0n) is 11.6. The second-order valence-corrected chi connectivity index (χ2v) is 4.18. The standard InChI is InChI=1S/C13H20N2O4/c1-4-5-6-15-10(8-18-2)11(19-3)7-9(12(14)16)13(15)17/h7H,4-6,8H2,1-3H3,(H2,14,16). The maximum atomic E-state index is 12.2. The van der Waals surface area contributed by atoms with Crippen molar-refractivity contribution in [3.05, 3.63) is 27.7 Å². The molecule has 0 bridgehead atoms. The van der Waals surface area contributed by atoms with Crippen LogP contribution in [0.4, 0.5) is 0 Å². The third-order valence-electron chi connectivity index (χ3n) is 2.86. The predicted octanol–water partition coefficient (Wildman–Crippen LogP) is 0.902. The number of nitrogens with zero attached hydrogens (tertiary/aromatic N) is 1. The van der Waals surface area contributed by atoms with Crippen LogP contribution in [0.1, 0.15) is 35.8 Å². The summed E-state index contributed by atoms with van der Waals surface area (Å²) in [5, 5.41) is 0. The number of primary amides is 1. The minimum absolute atomic E-state index is 0.0622. The van der Waals surface area contributed by atoms with Gasteiger partial charge in [0.25, 0.3) is 11.5 Å². The van der Waals surface area contributed by atoms with E-state index in [1.54, 1.807) is 0 Å². The summed E-state index contributed by atoms with van der Waals surface area (Å²) < 4.78 is 11.8. The second-order valence-electron chi connectivity index (χ2n) is 4.18. The van der Waals surface area contributed by atoms with Crippen molar-refractivity contribution < 1.29 is 14.3 Å². The lowest BCUT2D eigenvalue weighted by atomic mass is 10.2. The van der Waals surface area contributed by atoms with Gasteiger partial charge in [0.15, 0.2) is 0 Å². The molecule has 0 aliphatic carbocycles. The molecule has 1 heterocycles. The average Bonchev–Trinajstić information content (AvgIpc) is 2.38. The van der Waals surface area contributed by atoms with E-state index in [9.17, 15) is 9.59 Å². The molecule has 0 fully saturated rings. The smallest absolute Gasteiger partial charge is 0.263 e. The van der Waals surface area contributed by atoms with Crippen molar-refractivity contribution in [1.29, 1.82) is 0 Å². The van der Waals surface area contributed by atoms with E-state index in [0.29, 0.717) is 18.0 Å². The molecule has 1 aromatic rings. The number of rotatable bonds is 7. The Hall–Kier alpha value is -1.82. The van der Waals surface area contributed by atoms with Gasteiger partial charge in [-0.15, -0.1) is 0 Å². The molecule has 0 saturated carbocycles. The molecule has 2 N–H and O–H groups in total. The van der Waals surface area contributed by atoms with Gasteiger partial charge < -0.3 is 19.8 Å². The molecule has 1 amide bonds. The SMILES string of the molecule is CCCCn1c(COC)c(OC)cc(C(N)=O)c1=O. The summed E-state index contributed by atoms with van der Waals surface area (Å²) in [6.45, 7) is 2.77. The minimum atomic E-state index is -0.752. The van der Waals surface area contributed by atoms with Crippen LogP contribution < -0.4 is 16.0 Å².